The number of nitrogens with zero attached hydrogens (tertiary/aromatic N) is 1. The van der Waals surface area contributed by atoms with Crippen molar-refractivity contribution in [2.24, 2.45) is 0 Å². The molecule has 0 spiro atoms. The molecule has 0 amide bonds. The van der Waals surface area contributed by atoms with Crippen LogP contribution in [0.5, 0.6) is 11.5 Å². The lowest BCUT2D eigenvalue weighted by Gasteiger charge is -2.21. The van der Waals surface area contributed by atoms with Gasteiger partial charge in [0.05, 0.1) is 7.11 Å². The number of benzene rings is 2. The quantitative estimate of drug-likeness (QED) is 0.528. The molecule has 7 heteroatoms. The number of hydrogen-bond donors (Lipinski definition) is 1. The zero-order valence-electron chi connectivity index (χ0n) is 18.1. The minimum Gasteiger partial charge on any atom is -0.496 e. The molecule has 164 valence electrons. The second-order valence-corrected chi connectivity index (χ2v) is 9.30. The average Bonchev–Trinajstić information content (AvgIpc) is 3.42. The molecule has 1 aromatic heterocycles. The van der Waals surface area contributed by atoms with Gasteiger partial charge in [-0.1, -0.05) is 25.1 Å². The molecule has 31 heavy (non-hydrogen) atoms. The molecular formula is C24H28N2O4S. The highest BCUT2D eigenvalue weighted by Crippen LogP contribution is 2.37. The molecule has 2 heterocycles. The van der Waals surface area contributed by atoms with Crippen LogP contribution in [0.2, 0.25) is 0 Å². The third kappa shape index (κ3) is 4.34. The molecule has 3 aromatic rings. The van der Waals surface area contributed by atoms with Crippen molar-refractivity contribution >= 4 is 10.1 Å². The molecule has 1 aliphatic rings. The van der Waals surface area contributed by atoms with Crippen LogP contribution in [0.3, 0.4) is 0 Å². The number of rotatable bonds is 7. The number of likely N-dealkylation sites (tertiary alicyclic amines) is 1. The first-order valence-corrected chi connectivity index (χ1v) is 11.9. The van der Waals surface area contributed by atoms with Crippen molar-refractivity contribution in [1.29, 1.82) is 0 Å². The number of hydrogen-bond acceptors (Lipinski definition) is 5. The normalized spacial score (nSPS) is 17.1. The van der Waals surface area contributed by atoms with Gasteiger partial charge in [0.2, 0.25) is 0 Å². The molecule has 2 aromatic carbocycles. The van der Waals surface area contributed by atoms with Gasteiger partial charge in [0.15, 0.2) is 0 Å². The monoisotopic (exact) mass is 440 g/mol. The van der Waals surface area contributed by atoms with Crippen LogP contribution in [0.25, 0.3) is 11.3 Å². The first kappa shape index (κ1) is 21.5. The minimum atomic E-state index is -4.00. The van der Waals surface area contributed by atoms with Crippen LogP contribution in [0.15, 0.2) is 59.5 Å². The summed E-state index contributed by atoms with van der Waals surface area (Å²) in [7, 11) is -2.41. The predicted octanol–water partition coefficient (Wildman–Crippen LogP) is 4.92. The standard InChI is InChI=1S/C24H28N2O4S/c1-4-26-14-8-11-22(26)21-13-12-20(25-21)19-16-24(17(2)15-23(19)29-3)31(27,28)30-18-9-6-5-7-10-18/h5-7,9-10,12-13,15-16,22,25H,4,8,11,14H2,1-3H3/t22-/m1/s1. The van der Waals surface area contributed by atoms with Gasteiger partial charge in [-0.25, -0.2) is 0 Å². The van der Waals surface area contributed by atoms with Crippen molar-refractivity contribution in [3.63, 3.8) is 0 Å². The topological polar surface area (TPSA) is 71.6 Å². The zero-order chi connectivity index (χ0) is 22.0. The fourth-order valence-electron chi connectivity index (χ4n) is 4.28. The number of para-hydroxylation sites is 1. The van der Waals surface area contributed by atoms with E-state index in [2.05, 4.69) is 22.9 Å². The molecule has 1 saturated heterocycles. The Bertz CT molecular complexity index is 1160. The van der Waals surface area contributed by atoms with Crippen LogP contribution < -0.4 is 8.92 Å². The van der Waals surface area contributed by atoms with Crippen molar-refractivity contribution in [3.05, 3.63) is 65.9 Å². The average molecular weight is 441 g/mol. The van der Waals surface area contributed by atoms with E-state index in [1.165, 1.54) is 6.42 Å². The maximum atomic E-state index is 13.0. The highest BCUT2D eigenvalue weighted by molar-refractivity contribution is 7.87. The number of aromatic amines is 1. The number of nitrogens with one attached hydrogen (secondary N) is 1. The Balaban J connectivity index is 1.72. The van der Waals surface area contributed by atoms with E-state index < -0.39 is 10.1 Å². The maximum absolute atomic E-state index is 13.0. The van der Waals surface area contributed by atoms with Crippen LogP contribution in [0.1, 0.15) is 37.1 Å². The molecule has 0 saturated carbocycles. The van der Waals surface area contributed by atoms with Crippen LogP contribution in [0, 0.1) is 6.92 Å². The van der Waals surface area contributed by atoms with Crippen molar-refractivity contribution in [3.8, 4) is 22.8 Å². The Morgan fingerprint density at radius 3 is 2.61 bits per heavy atom. The Morgan fingerprint density at radius 2 is 1.90 bits per heavy atom. The lowest BCUT2D eigenvalue weighted by atomic mass is 10.1. The van der Waals surface area contributed by atoms with E-state index >= 15 is 0 Å². The SMILES string of the molecule is CCN1CCC[C@@H]1c1ccc(-c2cc(S(=O)(=O)Oc3ccccc3)c(C)cc2OC)[nH]1. The number of ether oxygens (including phenoxy) is 1. The fraction of sp³-hybridized carbons (Fsp3) is 0.333. The van der Waals surface area contributed by atoms with Crippen molar-refractivity contribution in [2.75, 3.05) is 20.2 Å². The summed E-state index contributed by atoms with van der Waals surface area (Å²) in [5.41, 5.74) is 3.22. The molecule has 4 rings (SSSR count). The van der Waals surface area contributed by atoms with E-state index in [1.807, 2.05) is 12.1 Å². The highest BCUT2D eigenvalue weighted by atomic mass is 32.2. The maximum Gasteiger partial charge on any atom is 0.339 e. The van der Waals surface area contributed by atoms with Gasteiger partial charge >= 0.3 is 10.1 Å². The van der Waals surface area contributed by atoms with E-state index in [-0.39, 0.29) is 10.6 Å². The summed E-state index contributed by atoms with van der Waals surface area (Å²) in [4.78, 5) is 6.08. The first-order valence-electron chi connectivity index (χ1n) is 10.5. The Labute approximate surface area is 183 Å². The van der Waals surface area contributed by atoms with E-state index in [0.29, 0.717) is 22.9 Å². The summed E-state index contributed by atoms with van der Waals surface area (Å²) in [6.07, 6.45) is 2.29. The van der Waals surface area contributed by atoms with Crippen LogP contribution in [0.4, 0.5) is 0 Å². The summed E-state index contributed by atoms with van der Waals surface area (Å²) in [6, 6.07) is 16.3. The van der Waals surface area contributed by atoms with Crippen LogP contribution in [-0.4, -0.2) is 38.5 Å². The fourth-order valence-corrected chi connectivity index (χ4v) is 5.45. The summed E-state index contributed by atoms with van der Waals surface area (Å²) in [5, 5.41) is 0. The van der Waals surface area contributed by atoms with Crippen LogP contribution >= 0.6 is 0 Å². The summed E-state index contributed by atoms with van der Waals surface area (Å²) in [6.45, 7) is 6.02. The van der Waals surface area contributed by atoms with E-state index in [9.17, 15) is 8.42 Å². The van der Waals surface area contributed by atoms with Gasteiger partial charge in [-0.3, -0.25) is 4.90 Å². The second-order valence-electron chi connectivity index (χ2n) is 7.78. The van der Waals surface area contributed by atoms with Crippen molar-refractivity contribution < 1.29 is 17.3 Å². The number of methoxy groups -OCH3 is 1. The number of aryl methyl sites for hydroxylation is 1. The number of aromatic nitrogens is 1. The largest absolute Gasteiger partial charge is 0.496 e. The Morgan fingerprint density at radius 1 is 1.13 bits per heavy atom. The van der Waals surface area contributed by atoms with Gasteiger partial charge in [0.1, 0.15) is 16.4 Å². The summed E-state index contributed by atoms with van der Waals surface area (Å²) >= 11 is 0. The minimum absolute atomic E-state index is 0.124. The molecule has 0 unspecified atom stereocenters. The van der Waals surface area contributed by atoms with Gasteiger partial charge in [-0.15, -0.1) is 0 Å². The molecule has 1 fully saturated rings. The molecule has 1 N–H and O–H groups in total. The predicted molar refractivity (Wildman–Crippen MR) is 121 cm³/mol. The van der Waals surface area contributed by atoms with Gasteiger partial charge in [0.25, 0.3) is 0 Å². The molecule has 0 radical (unpaired) electrons. The molecule has 0 aliphatic carbocycles. The first-order chi connectivity index (χ1) is 14.9. The summed E-state index contributed by atoms with van der Waals surface area (Å²) < 4.78 is 37.0. The third-order valence-electron chi connectivity index (χ3n) is 5.84. The number of H-pyrrole nitrogens is 1. The lowest BCUT2D eigenvalue weighted by Crippen LogP contribution is -2.22. The van der Waals surface area contributed by atoms with Gasteiger partial charge in [-0.05, 0) is 74.8 Å². The Kier molecular flexibility index (Phi) is 6.07. The lowest BCUT2D eigenvalue weighted by molar-refractivity contribution is 0.268. The van der Waals surface area contributed by atoms with E-state index in [0.717, 1.165) is 30.9 Å². The molecule has 1 atom stereocenters. The smallest absolute Gasteiger partial charge is 0.339 e. The molecule has 6 nitrogen and oxygen atoms in total. The van der Waals surface area contributed by atoms with Gasteiger partial charge < -0.3 is 13.9 Å². The third-order valence-corrected chi connectivity index (χ3v) is 7.23. The van der Waals surface area contributed by atoms with E-state index in [1.54, 1.807) is 50.4 Å². The molecule has 0 bridgehead atoms. The zero-order valence-corrected chi connectivity index (χ0v) is 18.9. The summed E-state index contributed by atoms with van der Waals surface area (Å²) in [5.74, 6) is 0.894. The van der Waals surface area contributed by atoms with Crippen LogP contribution in [-0.2, 0) is 10.1 Å². The van der Waals surface area contributed by atoms with Crippen molar-refractivity contribution in [1.82, 2.24) is 9.88 Å². The van der Waals surface area contributed by atoms with E-state index in [4.69, 9.17) is 8.92 Å². The van der Waals surface area contributed by atoms with Crippen molar-refractivity contribution in [2.45, 2.75) is 37.6 Å². The molecular weight excluding hydrogens is 412 g/mol. The second kappa shape index (κ2) is 8.77. The molecule has 1 aliphatic heterocycles. The van der Waals surface area contributed by atoms with Gasteiger partial charge in [-0.2, -0.15) is 8.42 Å². The Hall–Kier alpha value is -2.77. The highest BCUT2D eigenvalue weighted by Gasteiger charge is 2.27. The van der Waals surface area contributed by atoms with Gasteiger partial charge in [0, 0.05) is 23.0 Å².